The van der Waals surface area contributed by atoms with Crippen LogP contribution in [0.2, 0.25) is 0 Å². The number of hydrazine groups is 2. The average Bonchev–Trinajstić information content (AvgIpc) is 2.75. The Morgan fingerprint density at radius 2 is 0.784 bits per heavy atom. The van der Waals surface area contributed by atoms with Gasteiger partial charge in [-0.05, 0) is 0 Å². The van der Waals surface area contributed by atoms with Gasteiger partial charge in [-0.25, -0.2) is 30.2 Å². The molecular formula is C9H8N12O16. The number of amidine groups is 2. The van der Waals surface area contributed by atoms with Gasteiger partial charge in [0.15, 0.2) is 39.6 Å². The third kappa shape index (κ3) is 3.72. The number of nitro groups is 8. The van der Waals surface area contributed by atoms with Gasteiger partial charge in [0.05, 0.1) is 31.6 Å². The Balaban J connectivity index is 2.76. The molecule has 2 aliphatic rings. The van der Waals surface area contributed by atoms with E-state index < -0.39 is 104 Å². The van der Waals surface area contributed by atoms with Crippen LogP contribution in [0.25, 0.3) is 0 Å². The van der Waals surface area contributed by atoms with Gasteiger partial charge in [-0.3, -0.25) is 60.7 Å². The van der Waals surface area contributed by atoms with Crippen LogP contribution in [0.5, 0.6) is 0 Å². The van der Waals surface area contributed by atoms with Crippen LogP contribution in [-0.2, 0) is 0 Å². The highest BCUT2D eigenvalue weighted by Crippen LogP contribution is 2.34. The minimum absolute atomic E-state index is 0.543. The van der Waals surface area contributed by atoms with E-state index in [9.17, 15) is 80.9 Å². The van der Waals surface area contributed by atoms with Crippen molar-refractivity contribution in [3.63, 3.8) is 0 Å². The Kier molecular flexibility index (Phi) is 6.46. The molecule has 2 heterocycles. The van der Waals surface area contributed by atoms with E-state index in [4.69, 9.17) is 0 Å². The quantitative estimate of drug-likeness (QED) is 0.149. The van der Waals surface area contributed by atoms with Crippen LogP contribution in [0, 0.1) is 86.3 Å². The Labute approximate surface area is 196 Å². The molecule has 2 rings (SSSR count). The van der Waals surface area contributed by atoms with Crippen molar-refractivity contribution in [1.29, 1.82) is 0 Å². The molecule has 0 radical (unpaired) electrons. The maximum absolute atomic E-state index is 11.5. The highest BCUT2D eigenvalue weighted by Gasteiger charge is 2.83. The molecule has 37 heavy (non-hydrogen) atoms. The first-order valence-corrected chi connectivity index (χ1v) is 8.74. The van der Waals surface area contributed by atoms with Crippen molar-refractivity contribution >= 4 is 11.7 Å². The van der Waals surface area contributed by atoms with Crippen molar-refractivity contribution in [2.75, 3.05) is 26.2 Å². The summed E-state index contributed by atoms with van der Waals surface area (Å²) in [5.74, 6) is -13.1. The maximum atomic E-state index is 11.5. The smallest absolute Gasteiger partial charge is 0.252 e. The molecule has 0 amide bonds. The minimum Gasteiger partial charge on any atom is -0.252 e. The molecule has 0 aromatic carbocycles. The van der Waals surface area contributed by atoms with Crippen LogP contribution in [0.3, 0.4) is 0 Å². The lowest BCUT2D eigenvalue weighted by molar-refractivity contribution is -0.948. The van der Waals surface area contributed by atoms with Crippen LogP contribution in [-0.4, -0.2) is 99.0 Å². The van der Waals surface area contributed by atoms with Gasteiger partial charge in [0.1, 0.15) is 0 Å². The van der Waals surface area contributed by atoms with Crippen LogP contribution in [0.15, 0.2) is 9.98 Å². The Morgan fingerprint density at radius 1 is 0.541 bits per heavy atom. The molecule has 28 heteroatoms. The average molecular weight is 540 g/mol. The number of rotatable bonds is 10. The van der Waals surface area contributed by atoms with Gasteiger partial charge in [-0.15, -0.1) is 0 Å². The van der Waals surface area contributed by atoms with Gasteiger partial charge in [0, 0.05) is 0 Å². The summed E-state index contributed by atoms with van der Waals surface area (Å²) < 4.78 is 0. The monoisotopic (exact) mass is 540 g/mol. The SMILES string of the molecule is O=[N+]([O-])N1CC2(CN=C1C([N+](=O)[O-])([N+](=O)[O-])[N+](=O)[O-])CN=C(C([N+](=O)[O-])([N+](=O)[O-])[N+](=O)[O-])N([N+](=O)[O-])C2. The van der Waals surface area contributed by atoms with Gasteiger partial charge >= 0.3 is 23.2 Å². The maximum Gasteiger partial charge on any atom is 0.766 e. The van der Waals surface area contributed by atoms with Crippen molar-refractivity contribution in [2.45, 2.75) is 11.6 Å². The van der Waals surface area contributed by atoms with Crippen molar-refractivity contribution < 1.29 is 39.6 Å². The van der Waals surface area contributed by atoms with E-state index in [-0.39, 0.29) is 0 Å². The molecule has 0 N–H and O–H groups in total. The first kappa shape index (κ1) is 27.4. The molecule has 0 saturated heterocycles. The number of aliphatic imine (C=N–C) groups is 2. The van der Waals surface area contributed by atoms with E-state index in [1.807, 2.05) is 0 Å². The summed E-state index contributed by atoms with van der Waals surface area (Å²) in [5.41, 5.74) is -2.15. The summed E-state index contributed by atoms with van der Waals surface area (Å²) in [6.07, 6.45) is 0. The Hall–Kier alpha value is -5.86. The van der Waals surface area contributed by atoms with E-state index in [0.29, 0.717) is 0 Å². The van der Waals surface area contributed by atoms with Gasteiger partial charge in [-0.2, -0.15) is 0 Å². The summed E-state index contributed by atoms with van der Waals surface area (Å²) in [7, 11) is 0. The molecule has 0 aromatic heterocycles. The van der Waals surface area contributed by atoms with Gasteiger partial charge < -0.3 is 0 Å². The van der Waals surface area contributed by atoms with Gasteiger partial charge in [0.2, 0.25) is 0 Å². The molecule has 1 spiro atoms. The largest absolute Gasteiger partial charge is 0.766 e. The van der Waals surface area contributed by atoms with E-state index in [0.717, 1.165) is 0 Å². The Morgan fingerprint density at radius 3 is 0.973 bits per heavy atom. The fourth-order valence-electron chi connectivity index (χ4n) is 3.45. The summed E-state index contributed by atoms with van der Waals surface area (Å²) >= 11 is 0. The molecule has 28 nitrogen and oxygen atoms in total. The predicted octanol–water partition coefficient (Wildman–Crippen LogP) is -3.25. The summed E-state index contributed by atoms with van der Waals surface area (Å²) in [5, 5.41) is 86.6. The molecule has 200 valence electrons. The van der Waals surface area contributed by atoms with E-state index in [2.05, 4.69) is 9.98 Å². The van der Waals surface area contributed by atoms with Crippen LogP contribution in [0.4, 0.5) is 0 Å². The minimum atomic E-state index is -4.60. The topological polar surface area (TPSA) is 376 Å². The number of nitrogens with zero attached hydrogens (tertiary/aromatic N) is 12. The number of hydrogen-bond donors (Lipinski definition) is 0. The lowest BCUT2D eigenvalue weighted by Gasteiger charge is -2.38. The Bertz CT molecular complexity index is 1040. The van der Waals surface area contributed by atoms with Crippen molar-refractivity contribution in [3.05, 3.63) is 80.9 Å². The second-order valence-corrected chi connectivity index (χ2v) is 7.18. The number of hydrogen-bond acceptors (Lipinski definition) is 18. The fraction of sp³-hybridized carbons (Fsp3) is 0.778. The molecule has 0 unspecified atom stereocenters. The molecule has 0 aliphatic carbocycles. The van der Waals surface area contributed by atoms with E-state index in [1.54, 1.807) is 0 Å². The second kappa shape index (κ2) is 8.73. The van der Waals surface area contributed by atoms with Crippen LogP contribution >= 0.6 is 0 Å². The normalized spacial score (nSPS) is 17.3. The third-order valence-electron chi connectivity index (χ3n) is 5.11. The molecule has 2 aliphatic heterocycles. The van der Waals surface area contributed by atoms with Crippen LogP contribution in [0.1, 0.15) is 0 Å². The van der Waals surface area contributed by atoms with Crippen molar-refractivity contribution in [3.8, 4) is 0 Å². The van der Waals surface area contributed by atoms with Crippen molar-refractivity contribution in [2.24, 2.45) is 15.4 Å². The standard InChI is InChI=1S/C9H8N12O16/c22-14(23)8(15(24)25,16(26)27)5-10-1-7(3-12(5)20(34)35)2-11-6(13(4-7)21(36)37)9(17(28)29,18(30)31)19(32)33/h1-4H2. The molecule has 0 aromatic rings. The second-order valence-electron chi connectivity index (χ2n) is 7.18. The van der Waals surface area contributed by atoms with Crippen LogP contribution < -0.4 is 0 Å². The zero-order valence-electron chi connectivity index (χ0n) is 17.2. The molecule has 0 fully saturated rings. The first-order valence-electron chi connectivity index (χ1n) is 8.74. The lowest BCUT2D eigenvalue weighted by atomic mass is 9.84. The fourth-order valence-corrected chi connectivity index (χ4v) is 3.45. The molecular weight excluding hydrogens is 532 g/mol. The zero-order valence-corrected chi connectivity index (χ0v) is 17.2. The molecule has 0 atom stereocenters. The zero-order chi connectivity index (χ0) is 28.7. The molecule has 0 saturated carbocycles. The predicted molar refractivity (Wildman–Crippen MR) is 102 cm³/mol. The van der Waals surface area contributed by atoms with E-state index >= 15 is 0 Å². The third-order valence-corrected chi connectivity index (χ3v) is 5.11. The lowest BCUT2D eigenvalue weighted by Crippen LogP contribution is -2.71. The van der Waals surface area contributed by atoms with E-state index in [1.165, 1.54) is 0 Å². The molecule has 0 bridgehead atoms. The summed E-state index contributed by atoms with van der Waals surface area (Å²) in [4.78, 5) is 84.7. The van der Waals surface area contributed by atoms with Gasteiger partial charge in [0.25, 0.3) is 0 Å². The highest BCUT2D eigenvalue weighted by atomic mass is 16.8. The van der Waals surface area contributed by atoms with Crippen molar-refractivity contribution in [1.82, 2.24) is 10.0 Å². The summed E-state index contributed by atoms with van der Waals surface area (Å²) in [6.45, 7) is -5.04. The first-order chi connectivity index (χ1) is 16.9. The highest BCUT2D eigenvalue weighted by molar-refractivity contribution is 5.88. The van der Waals surface area contributed by atoms with Gasteiger partial charge in [-0.1, -0.05) is 10.0 Å². The summed E-state index contributed by atoms with van der Waals surface area (Å²) in [6, 6.07) is 0.